The first-order valence-corrected chi connectivity index (χ1v) is 6.51. The van der Waals surface area contributed by atoms with Gasteiger partial charge in [0.05, 0.1) is 12.7 Å². The van der Waals surface area contributed by atoms with Crippen LogP contribution in [0.25, 0.3) is 0 Å². The summed E-state index contributed by atoms with van der Waals surface area (Å²) in [5.74, 6) is 0.346. The highest BCUT2D eigenvalue weighted by Gasteiger charge is 2.23. The van der Waals surface area contributed by atoms with Crippen molar-refractivity contribution in [2.45, 2.75) is 25.4 Å². The quantitative estimate of drug-likeness (QED) is 0.871. The highest BCUT2D eigenvalue weighted by molar-refractivity contribution is 7.09. The van der Waals surface area contributed by atoms with Gasteiger partial charge in [0.25, 0.3) is 0 Å². The molecule has 1 aromatic heterocycles. The lowest BCUT2D eigenvalue weighted by atomic mass is 9.94. The van der Waals surface area contributed by atoms with E-state index in [1.54, 1.807) is 11.3 Å². The minimum absolute atomic E-state index is 0.0811. The second kappa shape index (κ2) is 6.00. The molecule has 1 aliphatic heterocycles. The Balaban J connectivity index is 1.83. The molecule has 2 atom stereocenters. The first-order chi connectivity index (χ1) is 7.90. The normalized spacial score (nSPS) is 22.6. The van der Waals surface area contributed by atoms with E-state index in [4.69, 9.17) is 10.00 Å². The van der Waals surface area contributed by atoms with Gasteiger partial charge in [-0.1, -0.05) is 6.07 Å². The molecule has 2 rings (SSSR count). The maximum Gasteiger partial charge on any atom is 0.101 e. The van der Waals surface area contributed by atoms with Crippen molar-refractivity contribution in [2.75, 3.05) is 13.2 Å². The molecular weight excluding hydrogens is 220 g/mol. The molecule has 86 valence electrons. The van der Waals surface area contributed by atoms with Gasteiger partial charge in [-0.05, 0) is 24.3 Å². The number of hydrogen-bond acceptors (Lipinski definition) is 4. The average molecular weight is 236 g/mol. The molecule has 2 heterocycles. The van der Waals surface area contributed by atoms with Gasteiger partial charge in [-0.15, -0.1) is 11.3 Å². The van der Waals surface area contributed by atoms with Crippen LogP contribution in [0.4, 0.5) is 0 Å². The monoisotopic (exact) mass is 236 g/mol. The Morgan fingerprint density at radius 3 is 3.25 bits per heavy atom. The molecule has 0 bridgehead atoms. The second-order valence-electron chi connectivity index (χ2n) is 4.04. The molecule has 1 aliphatic rings. The van der Waals surface area contributed by atoms with Crippen molar-refractivity contribution in [3.8, 4) is 6.07 Å². The summed E-state index contributed by atoms with van der Waals surface area (Å²) >= 11 is 1.72. The first-order valence-electron chi connectivity index (χ1n) is 5.63. The molecule has 2 unspecified atom stereocenters. The highest BCUT2D eigenvalue weighted by Crippen LogP contribution is 2.18. The summed E-state index contributed by atoms with van der Waals surface area (Å²) in [6.45, 7) is 2.35. The number of thiophene rings is 1. The third kappa shape index (κ3) is 3.05. The molecule has 0 saturated carbocycles. The van der Waals surface area contributed by atoms with E-state index >= 15 is 0 Å². The molecular formula is C12H16N2OS. The fourth-order valence-corrected chi connectivity index (χ4v) is 2.63. The molecule has 1 N–H and O–H groups in total. The molecule has 0 aromatic carbocycles. The van der Waals surface area contributed by atoms with Crippen molar-refractivity contribution in [2.24, 2.45) is 5.92 Å². The largest absolute Gasteiger partial charge is 0.381 e. The lowest BCUT2D eigenvalue weighted by molar-refractivity contribution is 0.0466. The fourth-order valence-electron chi connectivity index (χ4n) is 1.97. The number of ether oxygens (including phenoxy) is 1. The van der Waals surface area contributed by atoms with Gasteiger partial charge in [-0.3, -0.25) is 5.32 Å². The minimum atomic E-state index is -0.0811. The number of nitriles is 1. The number of hydrogen-bond donors (Lipinski definition) is 1. The minimum Gasteiger partial charge on any atom is -0.381 e. The van der Waals surface area contributed by atoms with Crippen molar-refractivity contribution in [1.29, 1.82) is 5.26 Å². The highest BCUT2D eigenvalue weighted by atomic mass is 32.1. The van der Waals surface area contributed by atoms with Gasteiger partial charge in [0.2, 0.25) is 0 Å². The third-order valence-corrected chi connectivity index (χ3v) is 3.76. The van der Waals surface area contributed by atoms with Gasteiger partial charge in [-0.25, -0.2) is 0 Å². The Hall–Kier alpha value is -0.890. The average Bonchev–Trinajstić information content (AvgIpc) is 2.84. The van der Waals surface area contributed by atoms with Crippen LogP contribution in [0.15, 0.2) is 17.5 Å². The zero-order chi connectivity index (χ0) is 11.2. The Morgan fingerprint density at radius 2 is 2.62 bits per heavy atom. The van der Waals surface area contributed by atoms with Crippen molar-refractivity contribution in [3.63, 3.8) is 0 Å². The fraction of sp³-hybridized carbons (Fsp3) is 0.583. The number of nitrogens with one attached hydrogen (secondary N) is 1. The summed E-state index contributed by atoms with van der Waals surface area (Å²) in [6.07, 6.45) is 2.17. The molecule has 0 amide bonds. The van der Waals surface area contributed by atoms with Crippen LogP contribution < -0.4 is 5.32 Å². The van der Waals surface area contributed by atoms with Crippen LogP contribution in [-0.2, 0) is 11.3 Å². The topological polar surface area (TPSA) is 45.0 Å². The molecule has 4 heteroatoms. The van der Waals surface area contributed by atoms with Gasteiger partial charge < -0.3 is 4.74 Å². The smallest absolute Gasteiger partial charge is 0.101 e. The Bertz CT molecular complexity index is 338. The predicted molar refractivity (Wildman–Crippen MR) is 64.1 cm³/mol. The van der Waals surface area contributed by atoms with E-state index in [-0.39, 0.29) is 6.04 Å². The lowest BCUT2D eigenvalue weighted by Gasteiger charge is -2.26. The van der Waals surface area contributed by atoms with E-state index < -0.39 is 0 Å². The Kier molecular flexibility index (Phi) is 4.34. The molecule has 0 spiro atoms. The van der Waals surface area contributed by atoms with Crippen LogP contribution >= 0.6 is 11.3 Å². The van der Waals surface area contributed by atoms with Crippen molar-refractivity contribution in [1.82, 2.24) is 5.32 Å². The van der Waals surface area contributed by atoms with Crippen molar-refractivity contribution < 1.29 is 4.74 Å². The van der Waals surface area contributed by atoms with Crippen LogP contribution in [0.2, 0.25) is 0 Å². The molecule has 0 radical (unpaired) electrons. The predicted octanol–water partition coefficient (Wildman–Crippen LogP) is 2.16. The van der Waals surface area contributed by atoms with Gasteiger partial charge >= 0.3 is 0 Å². The number of rotatable bonds is 4. The van der Waals surface area contributed by atoms with E-state index in [1.807, 2.05) is 6.07 Å². The maximum absolute atomic E-state index is 9.14. The summed E-state index contributed by atoms with van der Waals surface area (Å²) in [5.41, 5.74) is 0. The molecule has 1 saturated heterocycles. The van der Waals surface area contributed by atoms with E-state index in [0.717, 1.165) is 32.6 Å². The zero-order valence-corrected chi connectivity index (χ0v) is 10.0. The van der Waals surface area contributed by atoms with E-state index in [9.17, 15) is 0 Å². The summed E-state index contributed by atoms with van der Waals surface area (Å²) in [7, 11) is 0. The maximum atomic E-state index is 9.14. The van der Waals surface area contributed by atoms with Crippen LogP contribution in [-0.4, -0.2) is 19.3 Å². The third-order valence-electron chi connectivity index (χ3n) is 2.88. The molecule has 16 heavy (non-hydrogen) atoms. The lowest BCUT2D eigenvalue weighted by Crippen LogP contribution is -2.38. The van der Waals surface area contributed by atoms with Gasteiger partial charge in [0.1, 0.15) is 6.04 Å². The van der Waals surface area contributed by atoms with Crippen LogP contribution in [0.1, 0.15) is 17.7 Å². The van der Waals surface area contributed by atoms with E-state index in [1.165, 1.54) is 4.88 Å². The standard InChI is InChI=1S/C12H16N2OS/c13-7-12(10-3-1-5-15-9-10)14-8-11-4-2-6-16-11/h2,4,6,10,12,14H,1,3,5,8-9H2. The van der Waals surface area contributed by atoms with Gasteiger partial charge in [0, 0.05) is 23.9 Å². The number of nitrogens with zero attached hydrogens (tertiary/aromatic N) is 1. The summed E-state index contributed by atoms with van der Waals surface area (Å²) in [5, 5.41) is 14.5. The second-order valence-corrected chi connectivity index (χ2v) is 5.08. The van der Waals surface area contributed by atoms with Gasteiger partial charge in [0.15, 0.2) is 0 Å². The Labute approximate surface area is 100 Å². The van der Waals surface area contributed by atoms with Crippen molar-refractivity contribution >= 4 is 11.3 Å². The first kappa shape index (κ1) is 11.6. The molecule has 1 aromatic rings. The van der Waals surface area contributed by atoms with Crippen LogP contribution in [0.5, 0.6) is 0 Å². The van der Waals surface area contributed by atoms with Crippen LogP contribution in [0.3, 0.4) is 0 Å². The van der Waals surface area contributed by atoms with Crippen LogP contribution in [0, 0.1) is 17.2 Å². The summed E-state index contributed by atoms with van der Waals surface area (Å²) in [6, 6.07) is 6.39. The van der Waals surface area contributed by atoms with E-state index in [0.29, 0.717) is 5.92 Å². The van der Waals surface area contributed by atoms with Gasteiger partial charge in [-0.2, -0.15) is 5.26 Å². The molecule has 0 aliphatic carbocycles. The molecule has 1 fully saturated rings. The zero-order valence-electron chi connectivity index (χ0n) is 9.19. The van der Waals surface area contributed by atoms with E-state index in [2.05, 4.69) is 22.8 Å². The molecule has 3 nitrogen and oxygen atoms in total. The SMILES string of the molecule is N#CC(NCc1cccs1)C1CCCOC1. The summed E-state index contributed by atoms with van der Waals surface area (Å²) < 4.78 is 5.41. The van der Waals surface area contributed by atoms with Crippen molar-refractivity contribution in [3.05, 3.63) is 22.4 Å². The summed E-state index contributed by atoms with van der Waals surface area (Å²) in [4.78, 5) is 1.27. The Morgan fingerprint density at radius 1 is 1.69 bits per heavy atom.